The number of rotatable bonds is 5. The highest BCUT2D eigenvalue weighted by Gasteiger charge is 2.41. The molecule has 9 heteroatoms. The molecule has 0 aliphatic carbocycles. The Morgan fingerprint density at radius 3 is 2.46 bits per heavy atom. The lowest BCUT2D eigenvalue weighted by atomic mass is 9.82. The molecule has 1 aromatic heterocycles. The standard InChI is InChI=1S/C32H31N5O4/c38-27-13-12-26(30(39)35-27)37-19-21-18-22(10-11-23(21)31(37)40)32(41)14-16-36(17-15-32)28(20-6-2-1-3-7-20)29-33-24-8-4-5-9-25(24)34-29/h1-11,18,26,28,41H,12-17,19H2,(H,33,34)(H,35,38,39). The Hall–Kier alpha value is -4.34. The van der Waals surface area contributed by atoms with Crippen LogP contribution in [0.4, 0.5) is 0 Å². The third-order valence-corrected chi connectivity index (χ3v) is 8.83. The van der Waals surface area contributed by atoms with Crippen LogP contribution in [-0.4, -0.2) is 61.7 Å². The third-order valence-electron chi connectivity index (χ3n) is 8.83. The summed E-state index contributed by atoms with van der Waals surface area (Å²) < 4.78 is 0. The Bertz CT molecular complexity index is 1620. The van der Waals surface area contributed by atoms with Crippen molar-refractivity contribution in [2.75, 3.05) is 13.1 Å². The van der Waals surface area contributed by atoms with E-state index in [4.69, 9.17) is 4.98 Å². The number of piperidine rings is 2. The van der Waals surface area contributed by atoms with E-state index in [9.17, 15) is 19.5 Å². The molecule has 208 valence electrons. The monoisotopic (exact) mass is 549 g/mol. The Kier molecular flexibility index (Phi) is 6.21. The van der Waals surface area contributed by atoms with Gasteiger partial charge in [0.25, 0.3) is 5.91 Å². The number of hydrogen-bond donors (Lipinski definition) is 3. The first kappa shape index (κ1) is 25.6. The fraction of sp³-hybridized carbons (Fsp3) is 0.312. The van der Waals surface area contributed by atoms with Crippen LogP contribution in [0.25, 0.3) is 11.0 Å². The number of nitrogens with one attached hydrogen (secondary N) is 2. The molecule has 3 aliphatic heterocycles. The van der Waals surface area contributed by atoms with Crippen molar-refractivity contribution in [2.24, 2.45) is 0 Å². The number of fused-ring (bicyclic) bond motifs is 2. The number of aliphatic hydroxyl groups is 1. The van der Waals surface area contributed by atoms with Crippen LogP contribution in [0.1, 0.15) is 64.6 Å². The number of aromatic nitrogens is 2. The highest BCUT2D eigenvalue weighted by Crippen LogP contribution is 2.39. The second-order valence-electron chi connectivity index (χ2n) is 11.3. The van der Waals surface area contributed by atoms with E-state index in [-0.39, 0.29) is 24.3 Å². The molecular weight excluding hydrogens is 518 g/mol. The molecule has 41 heavy (non-hydrogen) atoms. The number of aromatic amines is 1. The fourth-order valence-corrected chi connectivity index (χ4v) is 6.58. The molecule has 9 nitrogen and oxygen atoms in total. The number of imidazole rings is 1. The minimum Gasteiger partial charge on any atom is -0.385 e. The highest BCUT2D eigenvalue weighted by molar-refractivity contribution is 6.05. The lowest BCUT2D eigenvalue weighted by Crippen LogP contribution is -2.52. The van der Waals surface area contributed by atoms with Gasteiger partial charge in [0, 0.05) is 31.6 Å². The number of para-hydroxylation sites is 2. The predicted molar refractivity (Wildman–Crippen MR) is 152 cm³/mol. The number of hydrogen-bond acceptors (Lipinski definition) is 6. The average Bonchev–Trinajstić information content (AvgIpc) is 3.55. The maximum Gasteiger partial charge on any atom is 0.255 e. The number of likely N-dealkylation sites (tertiary alicyclic amines) is 1. The van der Waals surface area contributed by atoms with Crippen molar-refractivity contribution < 1.29 is 19.5 Å². The van der Waals surface area contributed by atoms with E-state index in [1.54, 1.807) is 11.0 Å². The van der Waals surface area contributed by atoms with Crippen LogP contribution in [-0.2, 0) is 21.7 Å². The van der Waals surface area contributed by atoms with E-state index in [0.29, 0.717) is 44.5 Å². The zero-order valence-electron chi connectivity index (χ0n) is 22.5. The molecule has 0 saturated carbocycles. The second kappa shape index (κ2) is 9.94. The molecule has 4 heterocycles. The molecule has 2 saturated heterocycles. The molecule has 0 radical (unpaired) electrons. The van der Waals surface area contributed by atoms with Crippen LogP contribution in [0.15, 0.2) is 72.8 Å². The van der Waals surface area contributed by atoms with Crippen molar-refractivity contribution in [1.29, 1.82) is 0 Å². The Balaban J connectivity index is 1.11. The zero-order chi connectivity index (χ0) is 28.1. The summed E-state index contributed by atoms with van der Waals surface area (Å²) in [5.74, 6) is -0.0565. The van der Waals surface area contributed by atoms with Gasteiger partial charge in [0.15, 0.2) is 0 Å². The number of carbonyl (C=O) groups is 3. The van der Waals surface area contributed by atoms with Gasteiger partial charge in [-0.3, -0.25) is 24.6 Å². The third kappa shape index (κ3) is 4.51. The van der Waals surface area contributed by atoms with Crippen molar-refractivity contribution >= 4 is 28.8 Å². The van der Waals surface area contributed by atoms with E-state index in [1.807, 2.05) is 54.6 Å². The maximum absolute atomic E-state index is 13.1. The van der Waals surface area contributed by atoms with Gasteiger partial charge in [-0.1, -0.05) is 54.6 Å². The summed E-state index contributed by atoms with van der Waals surface area (Å²) in [7, 11) is 0. The summed E-state index contributed by atoms with van der Waals surface area (Å²) in [4.78, 5) is 49.5. The molecule has 2 fully saturated rings. The lowest BCUT2D eigenvalue weighted by Gasteiger charge is -2.41. The van der Waals surface area contributed by atoms with Gasteiger partial charge in [-0.2, -0.15) is 0 Å². The van der Waals surface area contributed by atoms with E-state index in [2.05, 4.69) is 27.3 Å². The van der Waals surface area contributed by atoms with E-state index < -0.39 is 17.6 Å². The van der Waals surface area contributed by atoms with Crippen molar-refractivity contribution in [3.8, 4) is 0 Å². The zero-order valence-corrected chi connectivity index (χ0v) is 22.5. The number of nitrogens with zero attached hydrogens (tertiary/aromatic N) is 3. The number of H-pyrrole nitrogens is 1. The number of imide groups is 1. The minimum atomic E-state index is -1.04. The van der Waals surface area contributed by atoms with Crippen LogP contribution in [0, 0.1) is 0 Å². The largest absolute Gasteiger partial charge is 0.385 e. The molecular formula is C32H31N5O4. The maximum atomic E-state index is 13.1. The number of carbonyl (C=O) groups excluding carboxylic acids is 3. The second-order valence-corrected chi connectivity index (χ2v) is 11.3. The average molecular weight is 550 g/mol. The van der Waals surface area contributed by atoms with E-state index >= 15 is 0 Å². The molecule has 2 atom stereocenters. The lowest BCUT2D eigenvalue weighted by molar-refractivity contribution is -0.136. The van der Waals surface area contributed by atoms with Crippen LogP contribution in [0.3, 0.4) is 0 Å². The predicted octanol–water partition coefficient (Wildman–Crippen LogP) is 3.40. The van der Waals surface area contributed by atoms with Gasteiger partial charge < -0.3 is 15.0 Å². The minimum absolute atomic E-state index is 0.0760. The van der Waals surface area contributed by atoms with Crippen molar-refractivity contribution in [1.82, 2.24) is 25.1 Å². The van der Waals surface area contributed by atoms with Gasteiger partial charge in [0.1, 0.15) is 11.9 Å². The molecule has 2 unspecified atom stereocenters. The van der Waals surface area contributed by atoms with Gasteiger partial charge in [0.05, 0.1) is 22.7 Å². The quantitative estimate of drug-likeness (QED) is 0.329. The summed E-state index contributed by atoms with van der Waals surface area (Å²) in [5.41, 5.74) is 4.17. The first-order valence-electron chi connectivity index (χ1n) is 14.1. The Labute approximate surface area is 237 Å². The highest BCUT2D eigenvalue weighted by atomic mass is 16.3. The summed E-state index contributed by atoms with van der Waals surface area (Å²) >= 11 is 0. The normalized spacial score (nSPS) is 21.6. The summed E-state index contributed by atoms with van der Waals surface area (Å²) in [5, 5.41) is 14.2. The summed E-state index contributed by atoms with van der Waals surface area (Å²) in [6, 6.07) is 23.1. The van der Waals surface area contributed by atoms with Crippen LogP contribution >= 0.6 is 0 Å². The molecule has 4 aromatic rings. The molecule has 3 amide bonds. The van der Waals surface area contributed by atoms with Crippen LogP contribution < -0.4 is 5.32 Å². The van der Waals surface area contributed by atoms with Crippen molar-refractivity contribution in [3.63, 3.8) is 0 Å². The van der Waals surface area contributed by atoms with Crippen molar-refractivity contribution in [3.05, 3.63) is 101 Å². The van der Waals surface area contributed by atoms with Gasteiger partial charge in [-0.25, -0.2) is 4.98 Å². The number of benzene rings is 3. The first-order chi connectivity index (χ1) is 19.9. The Morgan fingerprint density at radius 1 is 0.951 bits per heavy atom. The summed E-state index contributed by atoms with van der Waals surface area (Å²) in [6.45, 7) is 1.61. The molecule has 3 aromatic carbocycles. The van der Waals surface area contributed by atoms with Gasteiger partial charge >= 0.3 is 0 Å². The van der Waals surface area contributed by atoms with Crippen LogP contribution in [0.5, 0.6) is 0 Å². The molecule has 3 aliphatic rings. The number of amides is 3. The summed E-state index contributed by atoms with van der Waals surface area (Å²) in [6.07, 6.45) is 1.60. The smallest absolute Gasteiger partial charge is 0.255 e. The SMILES string of the molecule is O=C1CCC(N2Cc3cc(C4(O)CCN(C(c5ccccc5)c5nc6ccccc6[nH]5)CC4)ccc3C2=O)C(=O)N1. The van der Waals surface area contributed by atoms with Gasteiger partial charge in [0.2, 0.25) is 11.8 Å². The molecule has 0 bridgehead atoms. The molecule has 0 spiro atoms. The van der Waals surface area contributed by atoms with Crippen molar-refractivity contribution in [2.45, 2.75) is 49.9 Å². The molecule has 3 N–H and O–H groups in total. The van der Waals surface area contributed by atoms with E-state index in [0.717, 1.165) is 33.5 Å². The van der Waals surface area contributed by atoms with E-state index in [1.165, 1.54) is 0 Å². The van der Waals surface area contributed by atoms with Crippen LogP contribution in [0.2, 0.25) is 0 Å². The Morgan fingerprint density at radius 2 is 1.71 bits per heavy atom. The molecule has 7 rings (SSSR count). The topological polar surface area (TPSA) is 119 Å². The fourth-order valence-electron chi connectivity index (χ4n) is 6.58. The van der Waals surface area contributed by atoms with Gasteiger partial charge in [-0.15, -0.1) is 0 Å². The van der Waals surface area contributed by atoms with Gasteiger partial charge in [-0.05, 0) is 54.2 Å². The first-order valence-corrected chi connectivity index (χ1v) is 14.1.